The Labute approximate surface area is 115 Å². The van der Waals surface area contributed by atoms with Gasteiger partial charge in [0, 0.05) is 11.1 Å². The fourth-order valence-corrected chi connectivity index (χ4v) is 1.55. The fourth-order valence-electron chi connectivity index (χ4n) is 1.55. The number of rotatable bonds is 4. The Bertz CT molecular complexity index is 624. The SMILES string of the molecule is COc1ccc(C(=O)NN=Cc2ccccc2F)cc1. The van der Waals surface area contributed by atoms with E-state index in [0.29, 0.717) is 16.9 Å². The molecule has 5 heteroatoms. The van der Waals surface area contributed by atoms with E-state index in [-0.39, 0.29) is 5.91 Å². The lowest BCUT2D eigenvalue weighted by molar-refractivity contribution is 0.0955. The van der Waals surface area contributed by atoms with Gasteiger partial charge in [-0.2, -0.15) is 5.10 Å². The Balaban J connectivity index is 1.99. The topological polar surface area (TPSA) is 50.7 Å². The molecule has 0 aliphatic rings. The monoisotopic (exact) mass is 272 g/mol. The minimum Gasteiger partial charge on any atom is -0.497 e. The van der Waals surface area contributed by atoms with Crippen molar-refractivity contribution < 1.29 is 13.9 Å². The number of amides is 1. The Kier molecular flexibility index (Phi) is 4.44. The quantitative estimate of drug-likeness (QED) is 0.687. The Morgan fingerprint density at radius 2 is 1.90 bits per heavy atom. The van der Waals surface area contributed by atoms with Crippen LogP contribution in [0.5, 0.6) is 5.75 Å². The van der Waals surface area contributed by atoms with Crippen molar-refractivity contribution in [3.63, 3.8) is 0 Å². The molecule has 0 radical (unpaired) electrons. The van der Waals surface area contributed by atoms with Crippen LogP contribution in [0.25, 0.3) is 0 Å². The molecule has 0 aliphatic carbocycles. The van der Waals surface area contributed by atoms with Crippen LogP contribution in [-0.4, -0.2) is 19.2 Å². The maximum Gasteiger partial charge on any atom is 0.271 e. The molecule has 0 heterocycles. The molecule has 2 rings (SSSR count). The number of methoxy groups -OCH3 is 1. The van der Waals surface area contributed by atoms with Gasteiger partial charge in [0.1, 0.15) is 11.6 Å². The van der Waals surface area contributed by atoms with Gasteiger partial charge in [-0.1, -0.05) is 18.2 Å². The highest BCUT2D eigenvalue weighted by Gasteiger charge is 2.04. The molecule has 0 aliphatic heterocycles. The second-order valence-corrected chi connectivity index (χ2v) is 3.95. The molecule has 0 atom stereocenters. The second kappa shape index (κ2) is 6.47. The average molecular weight is 272 g/mol. The molecular weight excluding hydrogens is 259 g/mol. The first kappa shape index (κ1) is 13.7. The van der Waals surface area contributed by atoms with Crippen LogP contribution in [0.4, 0.5) is 4.39 Å². The third-order valence-corrected chi connectivity index (χ3v) is 2.63. The van der Waals surface area contributed by atoms with E-state index in [2.05, 4.69) is 10.5 Å². The first-order chi connectivity index (χ1) is 9.70. The lowest BCUT2D eigenvalue weighted by atomic mass is 10.2. The molecule has 4 nitrogen and oxygen atoms in total. The van der Waals surface area contributed by atoms with E-state index in [1.807, 2.05) is 0 Å². The van der Waals surface area contributed by atoms with E-state index in [1.54, 1.807) is 49.6 Å². The number of carbonyl (C=O) groups excluding carboxylic acids is 1. The first-order valence-corrected chi connectivity index (χ1v) is 5.92. The molecule has 0 bridgehead atoms. The number of nitrogens with one attached hydrogen (secondary N) is 1. The summed E-state index contributed by atoms with van der Waals surface area (Å²) in [6.07, 6.45) is 1.26. The number of benzene rings is 2. The molecule has 0 saturated carbocycles. The van der Waals surface area contributed by atoms with Crippen molar-refractivity contribution in [2.24, 2.45) is 5.10 Å². The van der Waals surface area contributed by atoms with Crippen molar-refractivity contribution in [2.75, 3.05) is 7.11 Å². The Morgan fingerprint density at radius 3 is 2.55 bits per heavy atom. The van der Waals surface area contributed by atoms with Crippen molar-refractivity contribution in [1.29, 1.82) is 0 Å². The van der Waals surface area contributed by atoms with Gasteiger partial charge < -0.3 is 4.74 Å². The van der Waals surface area contributed by atoms with E-state index in [9.17, 15) is 9.18 Å². The van der Waals surface area contributed by atoms with Gasteiger partial charge in [0.2, 0.25) is 0 Å². The van der Waals surface area contributed by atoms with E-state index in [4.69, 9.17) is 4.74 Å². The maximum absolute atomic E-state index is 13.3. The predicted octanol–water partition coefficient (Wildman–Crippen LogP) is 2.60. The largest absolute Gasteiger partial charge is 0.497 e. The van der Waals surface area contributed by atoms with Crippen LogP contribution in [-0.2, 0) is 0 Å². The third kappa shape index (κ3) is 3.41. The normalized spacial score (nSPS) is 10.5. The molecule has 0 saturated heterocycles. The molecule has 1 amide bonds. The maximum atomic E-state index is 13.3. The Morgan fingerprint density at radius 1 is 1.20 bits per heavy atom. The van der Waals surface area contributed by atoms with Crippen molar-refractivity contribution >= 4 is 12.1 Å². The van der Waals surface area contributed by atoms with Crippen molar-refractivity contribution in [3.8, 4) is 5.75 Å². The molecule has 1 N–H and O–H groups in total. The summed E-state index contributed by atoms with van der Waals surface area (Å²) in [5.74, 6) is -0.105. The molecule has 0 fully saturated rings. The van der Waals surface area contributed by atoms with Crippen LogP contribution < -0.4 is 10.2 Å². The van der Waals surface area contributed by atoms with Crippen molar-refractivity contribution in [3.05, 3.63) is 65.5 Å². The zero-order chi connectivity index (χ0) is 14.4. The number of hydrogen-bond acceptors (Lipinski definition) is 3. The minimum atomic E-state index is -0.394. The number of carbonyl (C=O) groups is 1. The highest BCUT2D eigenvalue weighted by molar-refractivity contribution is 5.95. The zero-order valence-corrected chi connectivity index (χ0v) is 10.8. The van der Waals surface area contributed by atoms with Crippen LogP contribution in [0.15, 0.2) is 53.6 Å². The minimum absolute atomic E-state index is 0.308. The summed E-state index contributed by atoms with van der Waals surface area (Å²) in [6, 6.07) is 12.8. The smallest absolute Gasteiger partial charge is 0.271 e. The second-order valence-electron chi connectivity index (χ2n) is 3.95. The summed E-state index contributed by atoms with van der Waals surface area (Å²) < 4.78 is 18.3. The molecule has 102 valence electrons. The molecule has 0 unspecified atom stereocenters. The van der Waals surface area contributed by atoms with E-state index < -0.39 is 5.82 Å². The molecule has 2 aromatic carbocycles. The summed E-state index contributed by atoms with van der Waals surface area (Å²) in [5.41, 5.74) is 3.08. The lowest BCUT2D eigenvalue weighted by Crippen LogP contribution is -2.17. The number of hydrogen-bond donors (Lipinski definition) is 1. The van der Waals surface area contributed by atoms with Gasteiger partial charge in [0.25, 0.3) is 5.91 Å². The van der Waals surface area contributed by atoms with Crippen molar-refractivity contribution in [2.45, 2.75) is 0 Å². The summed E-state index contributed by atoms with van der Waals surface area (Å²) >= 11 is 0. The number of hydrazone groups is 1. The average Bonchev–Trinajstić information content (AvgIpc) is 2.49. The van der Waals surface area contributed by atoms with Crippen LogP contribution in [0.1, 0.15) is 15.9 Å². The zero-order valence-electron chi connectivity index (χ0n) is 10.8. The summed E-state index contributed by atoms with van der Waals surface area (Å²) in [7, 11) is 1.55. The number of nitrogens with zero attached hydrogens (tertiary/aromatic N) is 1. The first-order valence-electron chi connectivity index (χ1n) is 5.92. The highest BCUT2D eigenvalue weighted by Crippen LogP contribution is 2.11. The van der Waals surface area contributed by atoms with Crippen LogP contribution in [0.3, 0.4) is 0 Å². The molecule has 2 aromatic rings. The van der Waals surface area contributed by atoms with Crippen LogP contribution >= 0.6 is 0 Å². The van der Waals surface area contributed by atoms with E-state index >= 15 is 0 Å². The van der Waals surface area contributed by atoms with Gasteiger partial charge in [-0.3, -0.25) is 4.79 Å². The fraction of sp³-hybridized carbons (Fsp3) is 0.0667. The predicted molar refractivity (Wildman–Crippen MR) is 74.5 cm³/mol. The van der Waals surface area contributed by atoms with Gasteiger partial charge in [-0.05, 0) is 30.3 Å². The highest BCUT2D eigenvalue weighted by atomic mass is 19.1. The van der Waals surface area contributed by atoms with Crippen molar-refractivity contribution in [1.82, 2.24) is 5.43 Å². The summed E-state index contributed by atoms with van der Waals surface area (Å²) in [4.78, 5) is 11.8. The van der Waals surface area contributed by atoms with Crippen LogP contribution in [0, 0.1) is 5.82 Å². The lowest BCUT2D eigenvalue weighted by Gasteiger charge is -2.02. The van der Waals surface area contributed by atoms with Gasteiger partial charge in [0.15, 0.2) is 0 Å². The van der Waals surface area contributed by atoms with E-state index in [1.165, 1.54) is 12.3 Å². The van der Waals surface area contributed by atoms with Gasteiger partial charge in [0.05, 0.1) is 13.3 Å². The molecule has 0 spiro atoms. The number of halogens is 1. The number of ether oxygens (including phenoxy) is 1. The summed E-state index contributed by atoms with van der Waals surface area (Å²) in [6.45, 7) is 0. The van der Waals surface area contributed by atoms with Gasteiger partial charge in [-0.25, -0.2) is 9.82 Å². The summed E-state index contributed by atoms with van der Waals surface area (Å²) in [5, 5.41) is 3.73. The van der Waals surface area contributed by atoms with Gasteiger partial charge in [-0.15, -0.1) is 0 Å². The van der Waals surface area contributed by atoms with Crippen LogP contribution in [0.2, 0.25) is 0 Å². The molecule has 0 aromatic heterocycles. The third-order valence-electron chi connectivity index (χ3n) is 2.63. The van der Waals surface area contributed by atoms with E-state index in [0.717, 1.165) is 0 Å². The van der Waals surface area contributed by atoms with Gasteiger partial charge >= 0.3 is 0 Å². The Hall–Kier alpha value is -2.69. The molecular formula is C15H13FN2O2. The standard InChI is InChI=1S/C15H13FN2O2/c1-20-13-8-6-11(7-9-13)15(19)18-17-10-12-4-2-3-5-14(12)16/h2-10H,1H3,(H,18,19). The molecule has 20 heavy (non-hydrogen) atoms.